The molecule has 0 aromatic heterocycles. The second-order valence-corrected chi connectivity index (χ2v) is 8.44. The number of likely N-dealkylation sites (tertiary alicyclic amines) is 2. The topological polar surface area (TPSA) is 40.6 Å². The molecular weight excluding hydrogens is 391 g/mol. The molecule has 29 heavy (non-hydrogen) atoms. The predicted octanol–water partition coefficient (Wildman–Crippen LogP) is 3.72. The number of benzene rings is 2. The molecule has 0 aliphatic carbocycles. The van der Waals surface area contributed by atoms with E-state index >= 15 is 0 Å². The van der Waals surface area contributed by atoms with Gasteiger partial charge >= 0.3 is 0 Å². The lowest BCUT2D eigenvalue weighted by Gasteiger charge is -2.24. The van der Waals surface area contributed by atoms with Crippen molar-refractivity contribution in [1.82, 2.24) is 9.80 Å². The summed E-state index contributed by atoms with van der Waals surface area (Å²) in [6.45, 7) is 2.50. The van der Waals surface area contributed by atoms with Crippen molar-refractivity contribution in [3.63, 3.8) is 0 Å². The zero-order chi connectivity index (χ0) is 20.4. The summed E-state index contributed by atoms with van der Waals surface area (Å²) in [4.78, 5) is 29.5. The molecule has 2 aliphatic rings. The maximum absolute atomic E-state index is 13.2. The number of halogens is 2. The molecule has 1 spiro atoms. The third-order valence-corrected chi connectivity index (χ3v) is 6.53. The Morgan fingerprint density at radius 2 is 1.86 bits per heavy atom. The maximum Gasteiger partial charge on any atom is 0.230 e. The summed E-state index contributed by atoms with van der Waals surface area (Å²) in [6, 6.07) is 14.2. The SMILES string of the molecule is O=C(Cc1ccc(F)cc1Cl)N1CCC2(CCN(CCc3ccccc3)C2=O)C1. The van der Waals surface area contributed by atoms with E-state index in [-0.39, 0.29) is 23.3 Å². The van der Waals surface area contributed by atoms with Crippen LogP contribution in [-0.2, 0) is 22.4 Å². The van der Waals surface area contributed by atoms with E-state index in [0.717, 1.165) is 19.4 Å². The first kappa shape index (κ1) is 19.9. The smallest absolute Gasteiger partial charge is 0.230 e. The minimum absolute atomic E-state index is 0.0640. The molecular formula is C23H24ClFN2O2. The predicted molar refractivity (Wildman–Crippen MR) is 110 cm³/mol. The summed E-state index contributed by atoms with van der Waals surface area (Å²) in [5.74, 6) is -0.312. The molecule has 152 valence electrons. The van der Waals surface area contributed by atoms with Gasteiger partial charge in [-0.2, -0.15) is 0 Å². The van der Waals surface area contributed by atoms with Crippen molar-refractivity contribution in [2.75, 3.05) is 26.2 Å². The molecule has 2 saturated heterocycles. The third kappa shape index (κ3) is 4.15. The molecule has 2 aliphatic heterocycles. The van der Waals surface area contributed by atoms with Crippen LogP contribution in [0.25, 0.3) is 0 Å². The van der Waals surface area contributed by atoms with Crippen LogP contribution in [0.2, 0.25) is 5.02 Å². The molecule has 2 heterocycles. The van der Waals surface area contributed by atoms with Gasteiger partial charge in [0.05, 0.1) is 11.8 Å². The van der Waals surface area contributed by atoms with Gasteiger partial charge in [0.2, 0.25) is 11.8 Å². The molecule has 0 saturated carbocycles. The summed E-state index contributed by atoms with van der Waals surface area (Å²) in [5, 5.41) is 0.260. The molecule has 1 atom stereocenters. The lowest BCUT2D eigenvalue weighted by Crippen LogP contribution is -2.39. The Balaban J connectivity index is 1.35. The van der Waals surface area contributed by atoms with E-state index in [2.05, 4.69) is 12.1 Å². The fraction of sp³-hybridized carbons (Fsp3) is 0.391. The lowest BCUT2D eigenvalue weighted by atomic mass is 9.85. The van der Waals surface area contributed by atoms with Crippen LogP contribution in [-0.4, -0.2) is 47.8 Å². The van der Waals surface area contributed by atoms with Crippen LogP contribution < -0.4 is 0 Å². The lowest BCUT2D eigenvalue weighted by molar-refractivity contribution is -0.136. The quantitative estimate of drug-likeness (QED) is 0.748. The van der Waals surface area contributed by atoms with E-state index in [1.807, 2.05) is 23.1 Å². The van der Waals surface area contributed by atoms with Crippen molar-refractivity contribution in [2.45, 2.75) is 25.7 Å². The zero-order valence-corrected chi connectivity index (χ0v) is 17.0. The van der Waals surface area contributed by atoms with Crippen LogP contribution in [0.15, 0.2) is 48.5 Å². The fourth-order valence-corrected chi connectivity index (χ4v) is 4.65. The molecule has 6 heteroatoms. The second-order valence-electron chi connectivity index (χ2n) is 8.04. The number of rotatable bonds is 5. The monoisotopic (exact) mass is 414 g/mol. The van der Waals surface area contributed by atoms with Gasteiger partial charge in [0.25, 0.3) is 0 Å². The van der Waals surface area contributed by atoms with Crippen molar-refractivity contribution in [3.05, 3.63) is 70.5 Å². The van der Waals surface area contributed by atoms with Crippen molar-refractivity contribution >= 4 is 23.4 Å². The van der Waals surface area contributed by atoms with Crippen LogP contribution in [0, 0.1) is 11.2 Å². The Kier molecular flexibility index (Phi) is 5.59. The Morgan fingerprint density at radius 3 is 2.62 bits per heavy atom. The summed E-state index contributed by atoms with van der Waals surface area (Å²) in [7, 11) is 0. The molecule has 2 amide bonds. The highest BCUT2D eigenvalue weighted by Crippen LogP contribution is 2.41. The van der Waals surface area contributed by atoms with Gasteiger partial charge in [0, 0.05) is 31.2 Å². The van der Waals surface area contributed by atoms with Gasteiger partial charge in [-0.15, -0.1) is 0 Å². The summed E-state index contributed by atoms with van der Waals surface area (Å²) < 4.78 is 13.2. The van der Waals surface area contributed by atoms with Crippen LogP contribution in [0.3, 0.4) is 0 Å². The van der Waals surface area contributed by atoms with Gasteiger partial charge < -0.3 is 9.80 Å². The minimum Gasteiger partial charge on any atom is -0.342 e. The second kappa shape index (κ2) is 8.15. The van der Waals surface area contributed by atoms with Gasteiger partial charge in [0.15, 0.2) is 0 Å². The highest BCUT2D eigenvalue weighted by atomic mass is 35.5. The van der Waals surface area contributed by atoms with E-state index in [9.17, 15) is 14.0 Å². The van der Waals surface area contributed by atoms with Crippen molar-refractivity contribution in [2.24, 2.45) is 5.41 Å². The first-order valence-electron chi connectivity index (χ1n) is 10.0. The van der Waals surface area contributed by atoms with Gasteiger partial charge in [-0.05, 0) is 42.5 Å². The summed E-state index contributed by atoms with van der Waals surface area (Å²) >= 11 is 6.06. The van der Waals surface area contributed by atoms with Crippen molar-refractivity contribution in [1.29, 1.82) is 0 Å². The van der Waals surface area contributed by atoms with Crippen LogP contribution in [0.1, 0.15) is 24.0 Å². The molecule has 4 nitrogen and oxygen atoms in total. The van der Waals surface area contributed by atoms with Crippen molar-refractivity contribution in [3.8, 4) is 0 Å². The highest BCUT2D eigenvalue weighted by Gasteiger charge is 2.51. The highest BCUT2D eigenvalue weighted by molar-refractivity contribution is 6.31. The molecule has 1 unspecified atom stereocenters. The Morgan fingerprint density at radius 1 is 1.10 bits per heavy atom. The molecule has 4 rings (SSSR count). The number of carbonyl (C=O) groups excluding carboxylic acids is 2. The van der Waals surface area contributed by atoms with Gasteiger partial charge in [-0.1, -0.05) is 48.0 Å². The Bertz CT molecular complexity index is 920. The molecule has 0 N–H and O–H groups in total. The van der Waals surface area contributed by atoms with Gasteiger partial charge in [-0.25, -0.2) is 4.39 Å². The number of nitrogens with zero attached hydrogens (tertiary/aromatic N) is 2. The number of hydrogen-bond donors (Lipinski definition) is 0. The zero-order valence-electron chi connectivity index (χ0n) is 16.2. The van der Waals surface area contributed by atoms with E-state index < -0.39 is 11.2 Å². The normalized spacial score (nSPS) is 21.4. The van der Waals surface area contributed by atoms with Gasteiger partial charge in [-0.3, -0.25) is 9.59 Å². The number of carbonyl (C=O) groups is 2. The average Bonchev–Trinajstić information content (AvgIpc) is 3.28. The van der Waals surface area contributed by atoms with Crippen LogP contribution in [0.5, 0.6) is 0 Å². The first-order valence-corrected chi connectivity index (χ1v) is 10.4. The van der Waals surface area contributed by atoms with Crippen molar-refractivity contribution < 1.29 is 14.0 Å². The largest absolute Gasteiger partial charge is 0.342 e. The third-order valence-electron chi connectivity index (χ3n) is 6.18. The fourth-order valence-electron chi connectivity index (χ4n) is 4.42. The van der Waals surface area contributed by atoms with Gasteiger partial charge in [0.1, 0.15) is 5.82 Å². The molecule has 0 bridgehead atoms. The maximum atomic E-state index is 13.2. The van der Waals surface area contributed by atoms with E-state index in [4.69, 9.17) is 11.6 Å². The minimum atomic E-state index is -0.445. The van der Waals surface area contributed by atoms with Crippen LogP contribution in [0.4, 0.5) is 4.39 Å². The molecule has 2 aromatic rings. The first-order chi connectivity index (χ1) is 14.0. The van der Waals surface area contributed by atoms with Crippen LogP contribution >= 0.6 is 11.6 Å². The number of amides is 2. The Hall–Kier alpha value is -2.40. The summed E-state index contributed by atoms with van der Waals surface area (Å²) in [5.41, 5.74) is 1.39. The molecule has 2 fully saturated rings. The average molecular weight is 415 g/mol. The van der Waals surface area contributed by atoms with E-state index in [1.54, 1.807) is 11.0 Å². The van der Waals surface area contributed by atoms with E-state index in [1.165, 1.54) is 17.7 Å². The summed E-state index contributed by atoms with van der Waals surface area (Å²) in [6.07, 6.45) is 2.47. The Labute approximate surface area is 175 Å². The molecule has 2 aromatic carbocycles. The number of hydrogen-bond acceptors (Lipinski definition) is 2. The molecule has 0 radical (unpaired) electrons. The van der Waals surface area contributed by atoms with E-state index in [0.29, 0.717) is 31.6 Å². The standard InChI is InChI=1S/C23H24ClFN2O2/c24-20-15-19(25)7-6-18(20)14-21(28)27-13-10-23(16-27)9-12-26(22(23)29)11-8-17-4-2-1-3-5-17/h1-7,15H,8-14,16H2.